The summed E-state index contributed by atoms with van der Waals surface area (Å²) >= 11 is 9.13. The van der Waals surface area contributed by atoms with Crippen LogP contribution in [0.3, 0.4) is 0 Å². The number of ether oxygens (including phenoxy) is 6. The number of halogens is 6. The summed E-state index contributed by atoms with van der Waals surface area (Å²) in [4.78, 5) is 42.5. The quantitative estimate of drug-likeness (QED) is 0.0132. The van der Waals surface area contributed by atoms with Gasteiger partial charge in [-0.05, 0) is 105 Å². The van der Waals surface area contributed by atoms with Gasteiger partial charge in [-0.25, -0.2) is 4.21 Å². The first-order chi connectivity index (χ1) is 37.6. The van der Waals surface area contributed by atoms with Crippen molar-refractivity contribution < 1.29 is 113 Å². The topological polar surface area (TPSA) is 312 Å². The van der Waals surface area contributed by atoms with E-state index in [1.54, 1.807) is 12.1 Å². The first kappa shape index (κ1) is 90.0. The molecule has 2 aliphatic heterocycles. The summed E-state index contributed by atoms with van der Waals surface area (Å²) in [5, 5.41) is 60.2. The molecule has 460 valence electrons. The molecule has 19 nitrogen and oxygen atoms in total. The molecule has 0 saturated carbocycles. The number of aryl methyl sites for hydroxylation is 4. The number of fused-ring (bicyclic) bond motifs is 2. The van der Waals surface area contributed by atoms with Crippen molar-refractivity contribution in [3.05, 3.63) is 95.1 Å². The van der Waals surface area contributed by atoms with E-state index >= 15 is 0 Å². The van der Waals surface area contributed by atoms with E-state index in [-0.39, 0.29) is 78.5 Å². The molecular weight excluding hydrogens is 1590 g/mol. The van der Waals surface area contributed by atoms with Crippen molar-refractivity contribution in [2.24, 2.45) is 0 Å². The fourth-order valence-corrected chi connectivity index (χ4v) is 5.49. The summed E-state index contributed by atoms with van der Waals surface area (Å²) in [5.74, 6) is -1.28. The molecule has 0 spiro atoms. The number of aliphatic hydroxyl groups is 1. The molecule has 2 heterocycles. The molecule has 1 unspecified atom stereocenters. The van der Waals surface area contributed by atoms with Crippen molar-refractivity contribution in [1.29, 1.82) is 0 Å². The standard InChI is InChI=1S/C13H16O4.C12H14O4.C10H12O4.C9H10O4.2C2H5I.C2H6.CH2I2.CH4O.CH5P.Cl2OS.Li.H2O/c1-13(2)16-10-6-4-9(8-11(10)17-13)5-7-12(14)15-3;1-12(2)15-9-5-3-8(4-6-11(13)14)7-10(9)16-12;1-14-10(13)5-3-7-2-4-8(11)9(12)6-7;10-7-3-1-6(5-8(7)11)2-4-9(12)13;2*1-2-3;1-2;2-1-3;2*1-2;1-4(2)3;;/h4,6,8H,5,7H2,1-3H3;3,5,7H,4,6H2,1-2H3,(H,13,14);2,4,6,11-12H,3,5H2,1H3;1,3,5,10-11H,2,4H2,(H,12,13);2*2H2,1H3;1-2H3;1H2;2H,1H3;2H2,1H3;;;1H2/q;;;;;;;;;;;+1;/p-1/i;;;;;;;;;1D;;;. The SMILES string of the molecule is CC.CC1(C)Oc2ccc(CCC(=O)O)cc2O1.CCI.CCI.CO.COC(=O)CCc1ccc(O)c(O)c1.COC(=O)CCc1ccc2c(c1)OC(C)(C)O2.ICI.O=C(O)CCc1ccc(O)c(O)c1.O=S(Cl)Cl.[2H]CP.[Li+].[OH-]. The minimum absolute atomic E-state index is 0. The molecule has 4 aromatic rings. The van der Waals surface area contributed by atoms with Crippen molar-refractivity contribution in [2.45, 2.75) is 118 Å². The minimum atomic E-state index is -1.67. The summed E-state index contributed by atoms with van der Waals surface area (Å²) < 4.78 is 50.3. The van der Waals surface area contributed by atoms with Crippen LogP contribution in [0.1, 0.15) is 105 Å². The van der Waals surface area contributed by atoms with Gasteiger partial charge in [-0.1, -0.05) is 149 Å². The van der Waals surface area contributed by atoms with Gasteiger partial charge >= 0.3 is 42.7 Å². The minimum Gasteiger partial charge on any atom is -0.870 e. The van der Waals surface area contributed by atoms with Crippen molar-refractivity contribution in [2.75, 3.05) is 39.3 Å². The fraction of sp³-hybridized carbons (Fsp3) is 0.472. The Morgan fingerprint density at radius 2 is 0.790 bits per heavy atom. The number of phenols is 4. The number of phenolic OH excluding ortho intramolecular Hbond substituents is 4. The number of carbonyl (C=O) groups excluding carboxylic acids is 2. The number of esters is 2. The Morgan fingerprint density at radius 1 is 0.568 bits per heavy atom. The van der Waals surface area contributed by atoms with E-state index in [0.29, 0.717) is 55.8 Å². The number of aliphatic hydroxyl groups excluding tert-OH is 1. The predicted molar refractivity (Wildman–Crippen MR) is 355 cm³/mol. The number of aliphatic carboxylic acids is 2. The molecule has 81 heavy (non-hydrogen) atoms. The molecule has 1 atom stereocenters. The zero-order valence-corrected chi connectivity index (χ0v) is 59.8. The van der Waals surface area contributed by atoms with Crippen LogP contribution < -0.4 is 37.8 Å². The number of benzene rings is 4. The average molecular weight is 1670 g/mol. The van der Waals surface area contributed by atoms with E-state index in [2.05, 4.69) is 144 Å². The molecule has 0 aromatic heterocycles. The van der Waals surface area contributed by atoms with Crippen LogP contribution >= 0.6 is 121 Å². The van der Waals surface area contributed by atoms with E-state index in [9.17, 15) is 19.2 Å². The largest absolute Gasteiger partial charge is 1.00 e. The zero-order chi connectivity index (χ0) is 63.0. The first-order valence-electron chi connectivity index (χ1n) is 24.3. The smallest absolute Gasteiger partial charge is 0.870 e. The van der Waals surface area contributed by atoms with Crippen LogP contribution in [0.2, 0.25) is 0 Å². The Kier molecular flexibility index (Phi) is 63.2. The summed E-state index contributed by atoms with van der Waals surface area (Å²) in [6.07, 6.45) is 2.77. The summed E-state index contributed by atoms with van der Waals surface area (Å²) in [6.45, 7) is 16.0. The molecule has 2 aliphatic rings. The third-order valence-electron chi connectivity index (χ3n) is 8.46. The van der Waals surface area contributed by atoms with Gasteiger partial charge in [-0.3, -0.25) is 19.2 Å². The summed E-state index contributed by atoms with van der Waals surface area (Å²) in [5.41, 5.74) is 3.46. The van der Waals surface area contributed by atoms with E-state index in [1.165, 1.54) is 49.8 Å². The van der Waals surface area contributed by atoms with Gasteiger partial charge in [0, 0.05) is 83.2 Å². The predicted octanol–water partition coefficient (Wildman–Crippen LogP) is 10.5. The van der Waals surface area contributed by atoms with E-state index in [4.69, 9.17) is 60.3 Å². The van der Waals surface area contributed by atoms with Gasteiger partial charge in [0.15, 0.2) is 46.0 Å². The molecule has 0 bridgehead atoms. The van der Waals surface area contributed by atoms with Crippen molar-refractivity contribution in [3.8, 4) is 46.0 Å². The molecule has 0 fully saturated rings. The Bertz CT molecular complexity index is 2340. The second kappa shape index (κ2) is 56.9. The summed E-state index contributed by atoms with van der Waals surface area (Å²) in [7, 11) is 13.3. The Labute approximate surface area is 560 Å². The van der Waals surface area contributed by atoms with Crippen LogP contribution in [0, 0.1) is 0 Å². The van der Waals surface area contributed by atoms with Gasteiger partial charge in [0.05, 0.1) is 16.7 Å². The zero-order valence-electron chi connectivity index (χ0n) is 48.7. The normalized spacial score (nSPS) is 11.2. The van der Waals surface area contributed by atoms with Crippen LogP contribution in [-0.4, -0.2) is 120 Å². The number of carboxylic acids is 2. The molecular formula is C53H80Cl2I4LiO19PS. The van der Waals surface area contributed by atoms with Crippen LogP contribution in [0.15, 0.2) is 72.8 Å². The second-order valence-corrected chi connectivity index (χ2v) is 25.2. The second-order valence-electron chi connectivity index (χ2n) is 15.2. The van der Waals surface area contributed by atoms with Crippen LogP contribution in [0.4, 0.5) is 0 Å². The Hall–Kier alpha value is -2.24. The first-order valence-corrected chi connectivity index (χ1v) is 33.3. The third-order valence-corrected chi connectivity index (χ3v) is 8.46. The van der Waals surface area contributed by atoms with E-state index in [1.807, 2.05) is 77.9 Å². The van der Waals surface area contributed by atoms with Gasteiger partial charge in [0.1, 0.15) is 0 Å². The maximum Gasteiger partial charge on any atom is 1.00 e. The molecule has 4 aromatic carbocycles. The molecule has 0 amide bonds. The molecule has 0 saturated heterocycles. The molecule has 28 heteroatoms. The molecule has 0 aliphatic carbocycles. The Balaban J connectivity index is -0.000000164. The number of carbonyl (C=O) groups is 4. The van der Waals surface area contributed by atoms with Gasteiger partial charge < -0.3 is 69.6 Å². The maximum atomic E-state index is 11.0. The number of hydrogen-bond acceptors (Lipinski definition) is 17. The monoisotopic (exact) mass is 1670 g/mol. The van der Waals surface area contributed by atoms with Crippen molar-refractivity contribution >= 4 is 154 Å². The maximum absolute atomic E-state index is 11.0. The molecule has 0 radical (unpaired) electrons. The van der Waals surface area contributed by atoms with Crippen LogP contribution in [0.5, 0.6) is 46.0 Å². The van der Waals surface area contributed by atoms with Gasteiger partial charge in [-0.15, -0.1) is 9.24 Å². The fourth-order valence-electron chi connectivity index (χ4n) is 5.49. The number of hydrogen-bond donors (Lipinski definition) is 7. The average Bonchev–Trinajstić information content (AvgIpc) is 3.89. The van der Waals surface area contributed by atoms with Gasteiger partial charge in [0.2, 0.25) is 20.8 Å². The van der Waals surface area contributed by atoms with Crippen molar-refractivity contribution in [3.63, 3.8) is 0 Å². The van der Waals surface area contributed by atoms with Gasteiger partial charge in [0.25, 0.3) is 0 Å². The number of rotatable bonds is 12. The van der Waals surface area contributed by atoms with Crippen LogP contribution in [0.25, 0.3) is 0 Å². The Morgan fingerprint density at radius 3 is 1.02 bits per heavy atom. The van der Waals surface area contributed by atoms with Crippen molar-refractivity contribution in [1.82, 2.24) is 0 Å². The molecule has 8 N–H and O–H groups in total. The number of methoxy groups -OCH3 is 2. The van der Waals surface area contributed by atoms with Crippen LogP contribution in [-0.2, 0) is 63.6 Å². The number of aromatic hydroxyl groups is 4. The van der Waals surface area contributed by atoms with E-state index in [0.717, 1.165) is 35.3 Å². The van der Waals surface area contributed by atoms with E-state index < -0.39 is 32.7 Å². The molecule has 6 rings (SSSR count). The number of alkyl halides is 4. The third kappa shape index (κ3) is 50.8. The van der Waals surface area contributed by atoms with Gasteiger partial charge in [-0.2, -0.15) is 0 Å². The number of carboxylic acid groups (broad SMARTS) is 2. The summed E-state index contributed by atoms with van der Waals surface area (Å²) in [6, 6.07) is 20.0.